The monoisotopic (exact) mass is 360 g/mol. The summed E-state index contributed by atoms with van der Waals surface area (Å²) in [6.07, 6.45) is 6.80. The smallest absolute Gasteiger partial charge is 0.412 e. The number of benzene rings is 1. The number of amides is 2. The van der Waals surface area contributed by atoms with E-state index in [9.17, 15) is 9.59 Å². The number of aliphatic imine (C=N–C) groups is 1. The number of primary amides is 1. The van der Waals surface area contributed by atoms with Crippen LogP contribution in [-0.4, -0.2) is 29.9 Å². The summed E-state index contributed by atoms with van der Waals surface area (Å²) < 4.78 is 5.23. The van der Waals surface area contributed by atoms with Gasteiger partial charge < -0.3 is 16.2 Å². The third kappa shape index (κ3) is 5.75. The lowest BCUT2D eigenvalue weighted by Crippen LogP contribution is -2.28. The molecule has 1 aliphatic rings. The van der Waals surface area contributed by atoms with Crippen LogP contribution in [0, 0.1) is 0 Å². The molecule has 2 amide bonds. The summed E-state index contributed by atoms with van der Waals surface area (Å²) in [6.45, 7) is 5.27. The van der Waals surface area contributed by atoms with Crippen molar-refractivity contribution in [3.63, 3.8) is 0 Å². The SMILES string of the molecule is CC(C)(C)OC(=O)Nc1cc(C=NC2CCCCC2)c(N)cc1C(N)=O. The molecule has 0 spiro atoms. The molecule has 1 aromatic rings. The first kappa shape index (κ1) is 19.8. The van der Waals surface area contributed by atoms with Crippen molar-refractivity contribution in [2.24, 2.45) is 10.7 Å². The fourth-order valence-electron chi connectivity index (χ4n) is 2.88. The zero-order chi connectivity index (χ0) is 19.3. The van der Waals surface area contributed by atoms with Crippen LogP contribution >= 0.6 is 0 Å². The van der Waals surface area contributed by atoms with E-state index in [-0.39, 0.29) is 11.3 Å². The Morgan fingerprint density at radius 2 is 1.88 bits per heavy atom. The quantitative estimate of drug-likeness (QED) is 0.562. The summed E-state index contributed by atoms with van der Waals surface area (Å²) in [5.41, 5.74) is 12.2. The molecule has 1 aromatic carbocycles. The zero-order valence-corrected chi connectivity index (χ0v) is 15.7. The number of carbonyl (C=O) groups excluding carboxylic acids is 2. The molecule has 0 unspecified atom stereocenters. The fourth-order valence-corrected chi connectivity index (χ4v) is 2.88. The maximum absolute atomic E-state index is 12.1. The van der Waals surface area contributed by atoms with E-state index in [1.54, 1.807) is 33.1 Å². The van der Waals surface area contributed by atoms with Gasteiger partial charge in [-0.25, -0.2) is 4.79 Å². The van der Waals surface area contributed by atoms with Gasteiger partial charge in [0.05, 0.1) is 11.3 Å². The second-order valence-corrected chi connectivity index (χ2v) is 7.59. The topological polar surface area (TPSA) is 120 Å². The predicted molar refractivity (Wildman–Crippen MR) is 104 cm³/mol. The fraction of sp³-hybridized carbons (Fsp3) is 0.526. The van der Waals surface area contributed by atoms with E-state index in [0.29, 0.717) is 17.3 Å². The molecule has 5 N–H and O–H groups in total. The summed E-state index contributed by atoms with van der Waals surface area (Å²) in [5.74, 6) is -0.682. The maximum Gasteiger partial charge on any atom is 0.412 e. The minimum atomic E-state index is -0.682. The largest absolute Gasteiger partial charge is 0.444 e. The van der Waals surface area contributed by atoms with E-state index in [0.717, 1.165) is 12.8 Å². The number of nitrogen functional groups attached to an aromatic ring is 1. The van der Waals surface area contributed by atoms with Crippen molar-refractivity contribution in [3.8, 4) is 0 Å². The van der Waals surface area contributed by atoms with Crippen molar-refractivity contribution in [1.29, 1.82) is 0 Å². The van der Waals surface area contributed by atoms with Crippen LogP contribution in [0.4, 0.5) is 16.2 Å². The Hall–Kier alpha value is -2.57. The molecule has 1 aliphatic carbocycles. The lowest BCUT2D eigenvalue weighted by Gasteiger charge is -2.20. The molecule has 7 heteroatoms. The Bertz CT molecular complexity index is 701. The van der Waals surface area contributed by atoms with Crippen molar-refractivity contribution >= 4 is 29.6 Å². The molecule has 0 bridgehead atoms. The Kier molecular flexibility index (Phi) is 6.23. The standard InChI is InChI=1S/C19H28N4O3/c1-19(2,3)26-18(25)23-16-9-12(15(20)10-14(16)17(21)24)11-22-13-7-5-4-6-8-13/h9-11,13H,4-8,20H2,1-3H3,(H2,21,24)(H,23,25). The summed E-state index contributed by atoms with van der Waals surface area (Å²) in [6, 6.07) is 3.35. The molecule has 142 valence electrons. The van der Waals surface area contributed by atoms with Gasteiger partial charge in [0, 0.05) is 23.5 Å². The summed E-state index contributed by atoms with van der Waals surface area (Å²) in [7, 11) is 0. The molecule has 0 aromatic heterocycles. The van der Waals surface area contributed by atoms with Gasteiger partial charge in [-0.05, 0) is 45.7 Å². The van der Waals surface area contributed by atoms with Crippen LogP contribution in [0.1, 0.15) is 68.8 Å². The van der Waals surface area contributed by atoms with Crippen LogP contribution in [-0.2, 0) is 4.74 Å². The summed E-state index contributed by atoms with van der Waals surface area (Å²) >= 11 is 0. The van der Waals surface area contributed by atoms with Gasteiger partial charge in [0.25, 0.3) is 5.91 Å². The van der Waals surface area contributed by atoms with Crippen molar-refractivity contribution in [1.82, 2.24) is 0 Å². The first-order valence-corrected chi connectivity index (χ1v) is 8.92. The van der Waals surface area contributed by atoms with Crippen molar-refractivity contribution < 1.29 is 14.3 Å². The first-order chi connectivity index (χ1) is 12.2. The number of nitrogens with one attached hydrogen (secondary N) is 1. The average molecular weight is 360 g/mol. The second-order valence-electron chi connectivity index (χ2n) is 7.59. The van der Waals surface area contributed by atoms with Crippen molar-refractivity contribution in [2.45, 2.75) is 64.5 Å². The highest BCUT2D eigenvalue weighted by Gasteiger charge is 2.19. The highest BCUT2D eigenvalue weighted by molar-refractivity contribution is 6.05. The van der Waals surface area contributed by atoms with Gasteiger partial charge in [-0.1, -0.05) is 19.3 Å². The molecule has 0 atom stereocenters. The Morgan fingerprint density at radius 1 is 1.23 bits per heavy atom. The van der Waals surface area contributed by atoms with E-state index in [2.05, 4.69) is 10.3 Å². The second kappa shape index (κ2) is 8.21. The number of hydrogen-bond donors (Lipinski definition) is 3. The molecular formula is C19H28N4O3. The van der Waals surface area contributed by atoms with Gasteiger partial charge in [0.1, 0.15) is 5.60 Å². The minimum Gasteiger partial charge on any atom is -0.444 e. The molecule has 2 rings (SSSR count). The Balaban J connectivity index is 2.25. The number of hydrogen-bond acceptors (Lipinski definition) is 5. The number of carbonyl (C=O) groups is 2. The number of ether oxygens (including phenoxy) is 1. The molecule has 0 aliphatic heterocycles. The van der Waals surface area contributed by atoms with Crippen LogP contribution in [0.3, 0.4) is 0 Å². The highest BCUT2D eigenvalue weighted by Crippen LogP contribution is 2.25. The Morgan fingerprint density at radius 3 is 2.46 bits per heavy atom. The van der Waals surface area contributed by atoms with Gasteiger partial charge in [-0.2, -0.15) is 0 Å². The number of anilines is 2. The molecule has 0 heterocycles. The van der Waals surface area contributed by atoms with Crippen molar-refractivity contribution in [3.05, 3.63) is 23.3 Å². The normalized spacial score (nSPS) is 15.8. The van der Waals surface area contributed by atoms with Crippen molar-refractivity contribution in [2.75, 3.05) is 11.1 Å². The van der Waals surface area contributed by atoms with Gasteiger partial charge in [0.2, 0.25) is 0 Å². The predicted octanol–water partition coefficient (Wildman–Crippen LogP) is 3.47. The molecule has 1 saturated carbocycles. The lowest BCUT2D eigenvalue weighted by atomic mass is 9.96. The number of rotatable bonds is 4. The molecule has 26 heavy (non-hydrogen) atoms. The molecule has 0 radical (unpaired) electrons. The van der Waals surface area contributed by atoms with Gasteiger partial charge in [-0.15, -0.1) is 0 Å². The van der Waals surface area contributed by atoms with E-state index in [4.69, 9.17) is 16.2 Å². The number of nitrogens with zero attached hydrogens (tertiary/aromatic N) is 1. The molecule has 0 saturated heterocycles. The maximum atomic E-state index is 12.1. The van der Waals surface area contributed by atoms with Crippen LogP contribution in [0.2, 0.25) is 0 Å². The molecule has 1 fully saturated rings. The minimum absolute atomic E-state index is 0.128. The Labute approximate surface area is 154 Å². The lowest BCUT2D eigenvalue weighted by molar-refractivity contribution is 0.0636. The van der Waals surface area contributed by atoms with Gasteiger partial charge >= 0.3 is 6.09 Å². The van der Waals surface area contributed by atoms with Gasteiger partial charge in [0.15, 0.2) is 0 Å². The van der Waals surface area contributed by atoms with E-state index in [1.165, 1.54) is 25.3 Å². The van der Waals surface area contributed by atoms with Crippen LogP contribution in [0.15, 0.2) is 17.1 Å². The highest BCUT2D eigenvalue weighted by atomic mass is 16.6. The summed E-state index contributed by atoms with van der Waals surface area (Å²) in [5, 5.41) is 2.57. The van der Waals surface area contributed by atoms with Crippen LogP contribution in [0.5, 0.6) is 0 Å². The van der Waals surface area contributed by atoms with E-state index in [1.807, 2.05) is 0 Å². The average Bonchev–Trinajstić information content (AvgIpc) is 2.53. The third-order valence-corrected chi connectivity index (χ3v) is 4.12. The third-order valence-electron chi connectivity index (χ3n) is 4.12. The molecular weight excluding hydrogens is 332 g/mol. The molecule has 7 nitrogen and oxygen atoms in total. The van der Waals surface area contributed by atoms with Crippen LogP contribution in [0.25, 0.3) is 0 Å². The van der Waals surface area contributed by atoms with E-state index >= 15 is 0 Å². The number of nitrogens with two attached hydrogens (primary N) is 2. The zero-order valence-electron chi connectivity index (χ0n) is 15.7. The summed E-state index contributed by atoms with van der Waals surface area (Å²) in [4.78, 5) is 28.4. The van der Waals surface area contributed by atoms with Crippen LogP contribution < -0.4 is 16.8 Å². The first-order valence-electron chi connectivity index (χ1n) is 8.92. The van der Waals surface area contributed by atoms with E-state index < -0.39 is 17.6 Å². The van der Waals surface area contributed by atoms with Gasteiger partial charge in [-0.3, -0.25) is 15.1 Å².